The Labute approximate surface area is 232 Å². The number of likely N-dealkylation sites (N-methyl/N-ethyl adjacent to an activating group) is 1. The molecule has 0 spiro atoms. The van der Waals surface area contributed by atoms with Crippen LogP contribution in [0.3, 0.4) is 0 Å². The minimum atomic E-state index is -0.588. The number of nitrogens with zero attached hydrogens (tertiary/aromatic N) is 4. The number of likely N-dealkylation sites (tertiary alicyclic amines) is 1. The number of hydrogen-bond donors (Lipinski definition) is 1. The third kappa shape index (κ3) is 6.09. The Balaban J connectivity index is 1.05. The van der Waals surface area contributed by atoms with E-state index in [4.69, 9.17) is 9.47 Å². The molecular formula is C31H42N4O4. The van der Waals surface area contributed by atoms with Gasteiger partial charge in [-0.05, 0) is 48.9 Å². The summed E-state index contributed by atoms with van der Waals surface area (Å²) in [6.07, 6.45) is 3.77. The number of ether oxygens (including phenoxy) is 2. The first-order valence-corrected chi connectivity index (χ1v) is 14.6. The Kier molecular flexibility index (Phi) is 8.07. The van der Waals surface area contributed by atoms with Gasteiger partial charge in [0.25, 0.3) is 5.91 Å². The maximum absolute atomic E-state index is 13.6. The summed E-state index contributed by atoms with van der Waals surface area (Å²) in [5.41, 5.74) is 4.32. The predicted octanol–water partition coefficient (Wildman–Crippen LogP) is 2.63. The molecule has 4 heterocycles. The molecule has 4 aliphatic rings. The van der Waals surface area contributed by atoms with Crippen molar-refractivity contribution in [2.75, 3.05) is 71.0 Å². The summed E-state index contributed by atoms with van der Waals surface area (Å²) in [6.45, 7) is 7.83. The zero-order valence-corrected chi connectivity index (χ0v) is 23.1. The van der Waals surface area contributed by atoms with E-state index in [1.54, 1.807) is 0 Å². The van der Waals surface area contributed by atoms with Crippen LogP contribution in [0.15, 0.2) is 42.5 Å². The van der Waals surface area contributed by atoms with Gasteiger partial charge in [-0.1, -0.05) is 24.3 Å². The number of fused-ring (bicyclic) bond motifs is 2. The van der Waals surface area contributed by atoms with Crippen molar-refractivity contribution >= 4 is 11.6 Å². The van der Waals surface area contributed by atoms with E-state index in [-0.39, 0.29) is 12.0 Å². The molecule has 2 aromatic carbocycles. The molecule has 2 saturated heterocycles. The Hall–Kier alpha value is -2.65. The molecule has 2 aromatic rings. The molecule has 0 aliphatic carbocycles. The molecule has 4 aliphatic heterocycles. The van der Waals surface area contributed by atoms with Crippen LogP contribution < -0.4 is 9.64 Å². The molecule has 8 nitrogen and oxygen atoms in total. The van der Waals surface area contributed by atoms with E-state index in [1.165, 1.54) is 11.1 Å². The third-order valence-electron chi connectivity index (χ3n) is 8.91. The number of β-amino-alcohol motifs (C(OH)–C–C–N with tert-alkyl or cyclic N) is 1. The Morgan fingerprint density at radius 1 is 1.00 bits per heavy atom. The van der Waals surface area contributed by atoms with Crippen LogP contribution in [-0.2, 0) is 17.7 Å². The second kappa shape index (κ2) is 11.8. The number of aliphatic hydroxyl groups excluding tert-OH is 1. The summed E-state index contributed by atoms with van der Waals surface area (Å²) < 4.78 is 12.0. The monoisotopic (exact) mass is 534 g/mol. The molecule has 210 valence electrons. The standard InChI is InChI=1S/C31H42N4O4/c1-32-15-16-35(21-26(36)20-33-12-8-23-4-2-3-5-24(23)19-33)31(37)29-7-6-28(18-30(29)32)39-27-9-13-34(14-10-27)25-11-17-38-22-25/h2-7,18,25-27,36H,8-17,19-22H2,1H3/t25?,26-/m1/s1. The van der Waals surface area contributed by atoms with E-state index < -0.39 is 6.10 Å². The van der Waals surface area contributed by atoms with E-state index >= 15 is 0 Å². The topological polar surface area (TPSA) is 68.7 Å². The molecule has 2 fully saturated rings. The van der Waals surface area contributed by atoms with Gasteiger partial charge < -0.3 is 24.4 Å². The first kappa shape index (κ1) is 26.6. The Morgan fingerprint density at radius 2 is 1.82 bits per heavy atom. The quantitative estimate of drug-likeness (QED) is 0.586. The van der Waals surface area contributed by atoms with Gasteiger partial charge in [-0.2, -0.15) is 0 Å². The maximum Gasteiger partial charge on any atom is 0.256 e. The summed E-state index contributed by atoms with van der Waals surface area (Å²) in [6, 6.07) is 15.0. The van der Waals surface area contributed by atoms with Gasteiger partial charge in [0, 0.05) is 78.1 Å². The summed E-state index contributed by atoms with van der Waals surface area (Å²) in [7, 11) is 2.03. The SMILES string of the molecule is CN1CCN(C[C@H](O)CN2CCc3ccccc3C2)C(=O)c2ccc(OC3CCN(C4CCOC4)CC3)cc21. The normalized spacial score (nSPS) is 23.8. The molecule has 0 saturated carbocycles. The van der Waals surface area contributed by atoms with Crippen molar-refractivity contribution < 1.29 is 19.4 Å². The second-order valence-electron chi connectivity index (χ2n) is 11.6. The molecule has 0 radical (unpaired) electrons. The first-order valence-electron chi connectivity index (χ1n) is 14.6. The number of hydrogen-bond acceptors (Lipinski definition) is 7. The third-order valence-corrected chi connectivity index (χ3v) is 8.91. The smallest absolute Gasteiger partial charge is 0.256 e. The van der Waals surface area contributed by atoms with Crippen molar-refractivity contribution in [2.24, 2.45) is 0 Å². The summed E-state index contributed by atoms with van der Waals surface area (Å²) in [5.74, 6) is 0.811. The lowest BCUT2D eigenvalue weighted by Gasteiger charge is -2.35. The van der Waals surface area contributed by atoms with E-state index in [0.717, 1.165) is 76.5 Å². The number of anilines is 1. The molecule has 6 rings (SSSR count). The molecule has 0 bridgehead atoms. The molecule has 1 unspecified atom stereocenters. The summed E-state index contributed by atoms with van der Waals surface area (Å²) >= 11 is 0. The fraction of sp³-hybridized carbons (Fsp3) is 0.581. The van der Waals surface area contributed by atoms with E-state index in [2.05, 4.69) is 39.0 Å². The first-order chi connectivity index (χ1) is 19.0. The number of carbonyl (C=O) groups is 1. The minimum absolute atomic E-state index is 0.0176. The van der Waals surface area contributed by atoms with Gasteiger partial charge in [-0.15, -0.1) is 0 Å². The Bertz CT molecular complexity index is 1150. The Morgan fingerprint density at radius 3 is 2.62 bits per heavy atom. The molecular weight excluding hydrogens is 492 g/mol. The van der Waals surface area contributed by atoms with Crippen LogP contribution in [0.1, 0.15) is 40.7 Å². The van der Waals surface area contributed by atoms with Gasteiger partial charge in [0.15, 0.2) is 0 Å². The van der Waals surface area contributed by atoms with Crippen molar-refractivity contribution in [3.63, 3.8) is 0 Å². The number of rotatable bonds is 7. The van der Waals surface area contributed by atoms with Gasteiger partial charge in [-0.25, -0.2) is 0 Å². The second-order valence-corrected chi connectivity index (χ2v) is 11.6. The fourth-order valence-electron chi connectivity index (χ4n) is 6.60. The van der Waals surface area contributed by atoms with Crippen molar-refractivity contribution in [1.82, 2.24) is 14.7 Å². The highest BCUT2D eigenvalue weighted by molar-refractivity contribution is 6.00. The van der Waals surface area contributed by atoms with E-state index in [1.807, 2.05) is 30.1 Å². The fourth-order valence-corrected chi connectivity index (χ4v) is 6.60. The van der Waals surface area contributed by atoms with Gasteiger partial charge in [0.1, 0.15) is 11.9 Å². The van der Waals surface area contributed by atoms with Crippen LogP contribution in [0.2, 0.25) is 0 Å². The van der Waals surface area contributed by atoms with Crippen LogP contribution in [0, 0.1) is 0 Å². The summed E-state index contributed by atoms with van der Waals surface area (Å²) in [5, 5.41) is 11.0. The number of amides is 1. The molecule has 0 aromatic heterocycles. The lowest BCUT2D eigenvalue weighted by Crippen LogP contribution is -2.44. The zero-order valence-electron chi connectivity index (χ0n) is 23.1. The van der Waals surface area contributed by atoms with Gasteiger partial charge in [0.05, 0.1) is 24.0 Å². The molecule has 8 heteroatoms. The molecule has 1 amide bonds. The van der Waals surface area contributed by atoms with Crippen molar-refractivity contribution in [2.45, 2.75) is 50.5 Å². The van der Waals surface area contributed by atoms with Crippen molar-refractivity contribution in [3.05, 3.63) is 59.2 Å². The van der Waals surface area contributed by atoms with Gasteiger partial charge in [0.2, 0.25) is 0 Å². The number of piperidine rings is 1. The average molecular weight is 535 g/mol. The maximum atomic E-state index is 13.6. The van der Waals surface area contributed by atoms with Crippen LogP contribution in [-0.4, -0.2) is 110 Å². The van der Waals surface area contributed by atoms with Crippen LogP contribution in [0.5, 0.6) is 5.75 Å². The highest BCUT2D eigenvalue weighted by atomic mass is 16.5. The van der Waals surface area contributed by atoms with Crippen LogP contribution in [0.25, 0.3) is 0 Å². The number of aliphatic hydroxyl groups is 1. The molecule has 2 atom stereocenters. The number of carbonyl (C=O) groups excluding carboxylic acids is 1. The number of benzene rings is 2. The minimum Gasteiger partial charge on any atom is -0.490 e. The van der Waals surface area contributed by atoms with E-state index in [9.17, 15) is 9.90 Å². The lowest BCUT2D eigenvalue weighted by molar-refractivity contribution is 0.0521. The molecule has 1 N–H and O–H groups in total. The van der Waals surface area contributed by atoms with Gasteiger partial charge >= 0.3 is 0 Å². The van der Waals surface area contributed by atoms with Crippen molar-refractivity contribution in [3.8, 4) is 5.75 Å². The lowest BCUT2D eigenvalue weighted by atomic mass is 10.00. The predicted molar refractivity (Wildman–Crippen MR) is 151 cm³/mol. The zero-order chi connectivity index (χ0) is 26.8. The highest BCUT2D eigenvalue weighted by Crippen LogP contribution is 2.31. The summed E-state index contributed by atoms with van der Waals surface area (Å²) in [4.78, 5) is 22.3. The van der Waals surface area contributed by atoms with Crippen molar-refractivity contribution in [1.29, 1.82) is 0 Å². The molecule has 39 heavy (non-hydrogen) atoms. The highest BCUT2D eigenvalue weighted by Gasteiger charge is 2.30. The van der Waals surface area contributed by atoms with Crippen LogP contribution in [0.4, 0.5) is 5.69 Å². The average Bonchev–Trinajstić information content (AvgIpc) is 3.47. The van der Waals surface area contributed by atoms with Gasteiger partial charge in [-0.3, -0.25) is 14.6 Å². The largest absolute Gasteiger partial charge is 0.490 e. The van der Waals surface area contributed by atoms with E-state index in [0.29, 0.717) is 37.8 Å². The van der Waals surface area contributed by atoms with Crippen LogP contribution >= 0.6 is 0 Å².